The van der Waals surface area contributed by atoms with E-state index in [1.165, 1.54) is 0 Å². The maximum Gasteiger partial charge on any atom is 0.139 e. The minimum absolute atomic E-state index is 0.636. The number of benzene rings is 2. The second-order valence-electron chi connectivity index (χ2n) is 7.19. The zero-order valence-corrected chi connectivity index (χ0v) is 18.0. The summed E-state index contributed by atoms with van der Waals surface area (Å²) in [5.74, 6) is 0.722. The predicted molar refractivity (Wildman–Crippen MR) is 128 cm³/mol. The number of allylic oxidation sites excluding steroid dienone is 1. The predicted octanol–water partition coefficient (Wildman–Crippen LogP) is 7.21. The molecule has 6 heteroatoms. The van der Waals surface area contributed by atoms with Crippen LogP contribution in [0.25, 0.3) is 33.9 Å². The third kappa shape index (κ3) is 3.92. The Hall–Kier alpha value is -3.21. The summed E-state index contributed by atoms with van der Waals surface area (Å²) < 4.78 is 0. The van der Waals surface area contributed by atoms with Gasteiger partial charge in [-0.1, -0.05) is 53.5 Å². The van der Waals surface area contributed by atoms with Crippen LogP contribution < -0.4 is 0 Å². The van der Waals surface area contributed by atoms with Crippen molar-refractivity contribution in [1.29, 1.82) is 0 Å². The van der Waals surface area contributed by atoms with Crippen LogP contribution in [-0.2, 0) is 0 Å². The third-order valence-corrected chi connectivity index (χ3v) is 5.75. The molecule has 0 atom stereocenters. The molecule has 0 aliphatic carbocycles. The van der Waals surface area contributed by atoms with Crippen LogP contribution in [0.4, 0.5) is 0 Å². The lowest BCUT2D eigenvalue weighted by molar-refractivity contribution is 1.05. The van der Waals surface area contributed by atoms with Gasteiger partial charge in [0.05, 0.1) is 17.1 Å². The number of hydrogen-bond acceptors (Lipinski definition) is 3. The molecular formula is C25H18Cl2N4. The van der Waals surface area contributed by atoms with Crippen LogP contribution in [0.5, 0.6) is 0 Å². The molecule has 4 aromatic rings. The van der Waals surface area contributed by atoms with Crippen molar-refractivity contribution in [3.8, 4) is 33.9 Å². The van der Waals surface area contributed by atoms with Gasteiger partial charge in [0.15, 0.2) is 0 Å². The smallest absolute Gasteiger partial charge is 0.139 e. The number of hydrogen-bond donors (Lipinski definition) is 1. The molecular weight excluding hydrogens is 427 g/mol. The quantitative estimate of drug-likeness (QED) is 0.361. The molecule has 2 aromatic carbocycles. The number of aromatic amines is 1. The van der Waals surface area contributed by atoms with Crippen molar-refractivity contribution in [3.63, 3.8) is 0 Å². The van der Waals surface area contributed by atoms with Gasteiger partial charge in [0.1, 0.15) is 11.5 Å². The molecule has 1 aliphatic rings. The van der Waals surface area contributed by atoms with E-state index in [0.717, 1.165) is 58.1 Å². The number of halogens is 2. The van der Waals surface area contributed by atoms with Gasteiger partial charge in [-0.3, -0.25) is 9.98 Å². The van der Waals surface area contributed by atoms with Gasteiger partial charge < -0.3 is 4.98 Å². The summed E-state index contributed by atoms with van der Waals surface area (Å²) in [6.07, 6.45) is 7.47. The van der Waals surface area contributed by atoms with Crippen LogP contribution in [0.15, 0.2) is 84.1 Å². The Morgan fingerprint density at radius 3 is 2.52 bits per heavy atom. The SMILES string of the molecule is Clc1ccc(-c2nc(-c3ccccn3)c(C3=NC=CCC3)[nH]2)c(-c2ccccc2Cl)c1. The molecule has 0 bridgehead atoms. The molecule has 4 nitrogen and oxygen atoms in total. The maximum absolute atomic E-state index is 6.51. The fourth-order valence-corrected chi connectivity index (χ4v) is 4.12. The first-order chi connectivity index (χ1) is 15.2. The van der Waals surface area contributed by atoms with E-state index in [4.69, 9.17) is 28.2 Å². The van der Waals surface area contributed by atoms with Crippen LogP contribution in [0.3, 0.4) is 0 Å². The summed E-state index contributed by atoms with van der Waals surface area (Å²) in [5.41, 5.74) is 6.16. The van der Waals surface area contributed by atoms with Crippen LogP contribution in [0.2, 0.25) is 10.0 Å². The van der Waals surface area contributed by atoms with Crippen molar-refractivity contribution in [3.05, 3.63) is 94.9 Å². The second-order valence-corrected chi connectivity index (χ2v) is 8.04. The molecule has 5 rings (SSSR count). The normalized spacial score (nSPS) is 13.3. The molecule has 31 heavy (non-hydrogen) atoms. The molecule has 152 valence electrons. The fourth-order valence-electron chi connectivity index (χ4n) is 3.71. The maximum atomic E-state index is 6.51. The number of nitrogens with zero attached hydrogens (tertiary/aromatic N) is 3. The molecule has 2 aromatic heterocycles. The second kappa shape index (κ2) is 8.50. The summed E-state index contributed by atoms with van der Waals surface area (Å²) in [6.45, 7) is 0. The van der Waals surface area contributed by atoms with Gasteiger partial charge in [-0.25, -0.2) is 4.98 Å². The lowest BCUT2D eigenvalue weighted by atomic mass is 9.99. The van der Waals surface area contributed by atoms with E-state index < -0.39 is 0 Å². The fraction of sp³-hybridized carbons (Fsp3) is 0.0800. The van der Waals surface area contributed by atoms with E-state index in [-0.39, 0.29) is 0 Å². The highest BCUT2D eigenvalue weighted by atomic mass is 35.5. The van der Waals surface area contributed by atoms with Crippen molar-refractivity contribution in [1.82, 2.24) is 15.0 Å². The minimum atomic E-state index is 0.636. The summed E-state index contributed by atoms with van der Waals surface area (Å²) in [7, 11) is 0. The molecule has 0 fully saturated rings. The Morgan fingerprint density at radius 2 is 1.74 bits per heavy atom. The third-order valence-electron chi connectivity index (χ3n) is 5.18. The monoisotopic (exact) mass is 444 g/mol. The Balaban J connectivity index is 1.72. The lowest BCUT2D eigenvalue weighted by Crippen LogP contribution is -2.05. The largest absolute Gasteiger partial charge is 0.336 e. The van der Waals surface area contributed by atoms with Crippen molar-refractivity contribution in [2.24, 2.45) is 4.99 Å². The van der Waals surface area contributed by atoms with Gasteiger partial charge in [0.25, 0.3) is 0 Å². The summed E-state index contributed by atoms with van der Waals surface area (Å²) in [5, 5.41) is 1.29. The average Bonchev–Trinajstić information content (AvgIpc) is 3.26. The van der Waals surface area contributed by atoms with E-state index in [9.17, 15) is 0 Å². The van der Waals surface area contributed by atoms with E-state index >= 15 is 0 Å². The number of pyridine rings is 1. The summed E-state index contributed by atoms with van der Waals surface area (Å²) in [4.78, 5) is 17.6. The molecule has 0 saturated carbocycles. The van der Waals surface area contributed by atoms with Gasteiger partial charge in [-0.15, -0.1) is 0 Å². The van der Waals surface area contributed by atoms with Crippen molar-refractivity contribution in [2.45, 2.75) is 12.8 Å². The Morgan fingerprint density at radius 1 is 0.871 bits per heavy atom. The van der Waals surface area contributed by atoms with Crippen LogP contribution >= 0.6 is 23.2 Å². The lowest BCUT2D eigenvalue weighted by Gasteiger charge is -2.10. The zero-order chi connectivity index (χ0) is 21.2. The number of aliphatic imine (C=N–C) groups is 1. The summed E-state index contributed by atoms with van der Waals surface area (Å²) >= 11 is 12.9. The molecule has 0 unspecified atom stereocenters. The van der Waals surface area contributed by atoms with Gasteiger partial charge in [-0.05, 0) is 54.8 Å². The average molecular weight is 445 g/mol. The van der Waals surface area contributed by atoms with Crippen molar-refractivity contribution >= 4 is 28.9 Å². The first-order valence-corrected chi connectivity index (χ1v) is 10.7. The number of rotatable bonds is 4. The first-order valence-electron chi connectivity index (χ1n) is 9.99. The molecule has 0 saturated heterocycles. The standard InChI is InChI=1S/C25H18Cl2N4/c26-16-11-12-18(19(15-16)17-7-1-2-8-20(17)27)25-30-23(21-9-3-5-13-28-21)24(31-25)22-10-4-6-14-29-22/h1-3,5-9,11-15H,4,10H2,(H,30,31). The van der Waals surface area contributed by atoms with E-state index in [0.29, 0.717) is 10.0 Å². The van der Waals surface area contributed by atoms with Gasteiger partial charge in [-0.2, -0.15) is 0 Å². The van der Waals surface area contributed by atoms with Crippen molar-refractivity contribution in [2.75, 3.05) is 0 Å². The molecule has 0 spiro atoms. The van der Waals surface area contributed by atoms with Crippen LogP contribution in [0, 0.1) is 0 Å². The van der Waals surface area contributed by atoms with Gasteiger partial charge in [0.2, 0.25) is 0 Å². The van der Waals surface area contributed by atoms with E-state index in [1.807, 2.05) is 66.9 Å². The van der Waals surface area contributed by atoms with Crippen LogP contribution in [-0.4, -0.2) is 20.7 Å². The number of aromatic nitrogens is 3. The number of nitrogens with one attached hydrogen (secondary N) is 1. The van der Waals surface area contributed by atoms with Crippen molar-refractivity contribution < 1.29 is 0 Å². The van der Waals surface area contributed by atoms with Gasteiger partial charge in [0, 0.05) is 33.6 Å². The molecule has 1 N–H and O–H groups in total. The minimum Gasteiger partial charge on any atom is -0.336 e. The molecule has 0 amide bonds. The highest BCUT2D eigenvalue weighted by Crippen LogP contribution is 2.38. The topological polar surface area (TPSA) is 53.9 Å². The highest BCUT2D eigenvalue weighted by Gasteiger charge is 2.21. The molecule has 3 heterocycles. The molecule has 1 aliphatic heterocycles. The zero-order valence-electron chi connectivity index (χ0n) is 16.5. The highest BCUT2D eigenvalue weighted by molar-refractivity contribution is 6.34. The number of imidazole rings is 1. The molecule has 0 radical (unpaired) electrons. The Labute approximate surface area is 190 Å². The van der Waals surface area contributed by atoms with Crippen LogP contribution in [0.1, 0.15) is 18.5 Å². The Bertz CT molecular complexity index is 1310. The summed E-state index contributed by atoms with van der Waals surface area (Å²) in [6, 6.07) is 19.3. The first kappa shape index (κ1) is 19.7. The van der Waals surface area contributed by atoms with E-state index in [2.05, 4.69) is 21.0 Å². The number of H-pyrrole nitrogens is 1. The van der Waals surface area contributed by atoms with Gasteiger partial charge >= 0.3 is 0 Å². The van der Waals surface area contributed by atoms with E-state index in [1.54, 1.807) is 6.20 Å². The Kier molecular flexibility index (Phi) is 5.41.